The minimum atomic E-state index is -0.554. The maximum absolute atomic E-state index is 13.0. The van der Waals surface area contributed by atoms with Crippen LogP contribution in [0.15, 0.2) is 30.3 Å². The molecule has 1 saturated carbocycles. The third kappa shape index (κ3) is 3.93. The SMILES string of the molecule is COc1cc(OC)c(N2CC(C(=O)Nc3ccc4c(c3)OC3(CCCC3)O4)CC2=O)cc1Cl. The normalized spacial score (nSPS) is 20.4. The standard InChI is InChI=1S/C24H25ClN2O6/c1-30-19-12-20(31-2)17(11-16(19)25)27-13-14(9-22(27)28)23(29)26-15-5-6-18-21(10-15)33-24(32-18)7-3-4-8-24/h5-6,10-12,14H,3-4,7-9,13H2,1-2H3,(H,26,29). The molecule has 1 atom stereocenters. The molecule has 2 heterocycles. The number of amides is 2. The molecular formula is C24H25ClN2O6. The van der Waals surface area contributed by atoms with Gasteiger partial charge >= 0.3 is 0 Å². The molecule has 0 bridgehead atoms. The number of fused-ring (bicyclic) bond motifs is 1. The Morgan fingerprint density at radius 2 is 1.82 bits per heavy atom. The number of hydrogen-bond acceptors (Lipinski definition) is 6. The van der Waals surface area contributed by atoms with Crippen molar-refractivity contribution in [1.29, 1.82) is 0 Å². The molecule has 2 aliphatic heterocycles. The van der Waals surface area contributed by atoms with E-state index in [2.05, 4.69) is 5.32 Å². The number of carbonyl (C=O) groups is 2. The third-order valence-electron chi connectivity index (χ3n) is 6.41. The highest BCUT2D eigenvalue weighted by Crippen LogP contribution is 2.47. The minimum absolute atomic E-state index is 0.0896. The number of carbonyl (C=O) groups excluding carboxylic acids is 2. The van der Waals surface area contributed by atoms with Crippen LogP contribution >= 0.6 is 11.6 Å². The van der Waals surface area contributed by atoms with Crippen LogP contribution in [0.2, 0.25) is 5.02 Å². The highest BCUT2D eigenvalue weighted by molar-refractivity contribution is 6.32. The van der Waals surface area contributed by atoms with Gasteiger partial charge < -0.3 is 29.2 Å². The number of hydrogen-bond donors (Lipinski definition) is 1. The number of methoxy groups -OCH3 is 2. The second-order valence-electron chi connectivity index (χ2n) is 8.54. The Hall–Kier alpha value is -3.13. The van der Waals surface area contributed by atoms with Crippen LogP contribution in [-0.2, 0) is 9.59 Å². The zero-order chi connectivity index (χ0) is 23.2. The Bertz CT molecular complexity index is 1110. The van der Waals surface area contributed by atoms with Gasteiger partial charge in [0.05, 0.1) is 30.8 Å². The Morgan fingerprint density at radius 3 is 2.55 bits per heavy atom. The predicted octanol–water partition coefficient (Wildman–Crippen LogP) is 4.39. The van der Waals surface area contributed by atoms with E-state index in [-0.39, 0.29) is 24.8 Å². The summed E-state index contributed by atoms with van der Waals surface area (Å²) >= 11 is 6.26. The van der Waals surface area contributed by atoms with E-state index < -0.39 is 11.7 Å². The number of ether oxygens (including phenoxy) is 4. The lowest BCUT2D eigenvalue weighted by atomic mass is 10.1. The molecule has 9 heteroatoms. The van der Waals surface area contributed by atoms with E-state index in [0.717, 1.165) is 25.7 Å². The largest absolute Gasteiger partial charge is 0.495 e. The molecule has 33 heavy (non-hydrogen) atoms. The van der Waals surface area contributed by atoms with Crippen molar-refractivity contribution in [3.8, 4) is 23.0 Å². The topological polar surface area (TPSA) is 86.3 Å². The molecule has 0 aromatic heterocycles. The van der Waals surface area contributed by atoms with Gasteiger partial charge in [0.2, 0.25) is 11.8 Å². The summed E-state index contributed by atoms with van der Waals surface area (Å²) in [6, 6.07) is 8.63. The molecule has 2 amide bonds. The van der Waals surface area contributed by atoms with Gasteiger partial charge in [-0.1, -0.05) is 11.6 Å². The molecule has 1 spiro atoms. The highest BCUT2D eigenvalue weighted by Gasteiger charge is 2.44. The van der Waals surface area contributed by atoms with Crippen LogP contribution in [0.5, 0.6) is 23.0 Å². The van der Waals surface area contributed by atoms with Crippen LogP contribution in [0.25, 0.3) is 0 Å². The molecule has 0 radical (unpaired) electrons. The molecular weight excluding hydrogens is 448 g/mol. The molecule has 3 aliphatic rings. The summed E-state index contributed by atoms with van der Waals surface area (Å²) in [6.07, 6.45) is 3.97. The lowest BCUT2D eigenvalue weighted by Gasteiger charge is -2.21. The zero-order valence-corrected chi connectivity index (χ0v) is 19.2. The van der Waals surface area contributed by atoms with Crippen LogP contribution in [0.3, 0.4) is 0 Å². The number of halogens is 1. The molecule has 2 aromatic rings. The van der Waals surface area contributed by atoms with Crippen molar-refractivity contribution in [2.45, 2.75) is 37.9 Å². The summed E-state index contributed by atoms with van der Waals surface area (Å²) in [5.41, 5.74) is 1.11. The first-order valence-electron chi connectivity index (χ1n) is 11.0. The number of nitrogens with zero attached hydrogens (tertiary/aromatic N) is 1. The average molecular weight is 473 g/mol. The van der Waals surface area contributed by atoms with Crippen LogP contribution < -0.4 is 29.2 Å². The molecule has 174 valence electrons. The van der Waals surface area contributed by atoms with Crippen LogP contribution in [0, 0.1) is 5.92 Å². The van der Waals surface area contributed by atoms with Gasteiger partial charge in [0, 0.05) is 43.6 Å². The fourth-order valence-electron chi connectivity index (χ4n) is 4.70. The Morgan fingerprint density at radius 1 is 1.09 bits per heavy atom. The average Bonchev–Trinajstić information content (AvgIpc) is 3.51. The first-order valence-corrected chi connectivity index (χ1v) is 11.3. The van der Waals surface area contributed by atoms with Gasteiger partial charge in [-0.05, 0) is 31.0 Å². The number of benzene rings is 2. The van der Waals surface area contributed by atoms with Crippen molar-refractivity contribution >= 4 is 34.8 Å². The number of rotatable bonds is 5. The summed E-state index contributed by atoms with van der Waals surface area (Å²) < 4.78 is 22.7. The molecule has 8 nitrogen and oxygen atoms in total. The molecule has 1 unspecified atom stereocenters. The van der Waals surface area contributed by atoms with E-state index in [1.54, 1.807) is 24.3 Å². The van der Waals surface area contributed by atoms with Crippen molar-refractivity contribution in [2.75, 3.05) is 31.0 Å². The van der Waals surface area contributed by atoms with E-state index in [9.17, 15) is 9.59 Å². The summed E-state index contributed by atoms with van der Waals surface area (Å²) in [7, 11) is 3.01. The van der Waals surface area contributed by atoms with Crippen molar-refractivity contribution in [3.05, 3.63) is 35.4 Å². The van der Waals surface area contributed by atoms with Crippen molar-refractivity contribution < 1.29 is 28.5 Å². The number of anilines is 2. The van der Waals surface area contributed by atoms with E-state index in [4.69, 9.17) is 30.5 Å². The second-order valence-corrected chi connectivity index (χ2v) is 8.94. The predicted molar refractivity (Wildman–Crippen MR) is 123 cm³/mol. The monoisotopic (exact) mass is 472 g/mol. The van der Waals surface area contributed by atoms with Crippen molar-refractivity contribution in [3.63, 3.8) is 0 Å². The summed E-state index contributed by atoms with van der Waals surface area (Å²) in [6.45, 7) is 0.220. The lowest BCUT2D eigenvalue weighted by molar-refractivity contribution is -0.122. The second kappa shape index (κ2) is 8.33. The molecule has 1 saturated heterocycles. The summed E-state index contributed by atoms with van der Waals surface area (Å²) in [5.74, 6) is 0.735. The van der Waals surface area contributed by atoms with Gasteiger partial charge in [0.15, 0.2) is 11.5 Å². The first-order chi connectivity index (χ1) is 15.9. The fraction of sp³-hybridized carbons (Fsp3) is 0.417. The first kappa shape index (κ1) is 21.7. The Labute approximate surface area is 196 Å². The van der Waals surface area contributed by atoms with Crippen molar-refractivity contribution in [1.82, 2.24) is 0 Å². The van der Waals surface area contributed by atoms with E-state index in [1.165, 1.54) is 19.1 Å². The maximum Gasteiger partial charge on any atom is 0.251 e. The van der Waals surface area contributed by atoms with Gasteiger partial charge in [-0.3, -0.25) is 9.59 Å². The van der Waals surface area contributed by atoms with Crippen LogP contribution in [0.1, 0.15) is 32.1 Å². The summed E-state index contributed by atoms with van der Waals surface area (Å²) in [5, 5.41) is 3.27. The van der Waals surface area contributed by atoms with Crippen LogP contribution in [0.4, 0.5) is 11.4 Å². The maximum atomic E-state index is 13.0. The lowest BCUT2D eigenvalue weighted by Crippen LogP contribution is -2.34. The zero-order valence-electron chi connectivity index (χ0n) is 18.5. The Kier molecular flexibility index (Phi) is 5.48. The molecule has 2 aromatic carbocycles. The molecule has 5 rings (SSSR count). The molecule has 2 fully saturated rings. The smallest absolute Gasteiger partial charge is 0.251 e. The molecule has 1 N–H and O–H groups in total. The van der Waals surface area contributed by atoms with Crippen LogP contribution in [-0.4, -0.2) is 38.4 Å². The fourth-order valence-corrected chi connectivity index (χ4v) is 4.94. The van der Waals surface area contributed by atoms with E-state index in [1.807, 2.05) is 6.07 Å². The quantitative estimate of drug-likeness (QED) is 0.694. The summed E-state index contributed by atoms with van der Waals surface area (Å²) in [4.78, 5) is 27.2. The van der Waals surface area contributed by atoms with E-state index in [0.29, 0.717) is 39.4 Å². The Balaban J connectivity index is 1.29. The van der Waals surface area contributed by atoms with Gasteiger partial charge in [-0.25, -0.2) is 0 Å². The number of nitrogens with one attached hydrogen (secondary N) is 1. The van der Waals surface area contributed by atoms with Crippen molar-refractivity contribution in [2.24, 2.45) is 5.92 Å². The van der Waals surface area contributed by atoms with E-state index >= 15 is 0 Å². The molecule has 1 aliphatic carbocycles. The highest BCUT2D eigenvalue weighted by atomic mass is 35.5. The van der Waals surface area contributed by atoms with Gasteiger partial charge in [0.25, 0.3) is 5.79 Å². The third-order valence-corrected chi connectivity index (χ3v) is 6.70. The van der Waals surface area contributed by atoms with Gasteiger partial charge in [-0.15, -0.1) is 0 Å². The van der Waals surface area contributed by atoms with Gasteiger partial charge in [0.1, 0.15) is 11.5 Å². The minimum Gasteiger partial charge on any atom is -0.495 e. The van der Waals surface area contributed by atoms with Gasteiger partial charge in [-0.2, -0.15) is 0 Å².